The molecule has 0 rings (SSSR count). The highest BCUT2D eigenvalue weighted by Crippen LogP contribution is 2.00. The summed E-state index contributed by atoms with van der Waals surface area (Å²) in [7, 11) is 1.41. The van der Waals surface area contributed by atoms with Gasteiger partial charge in [0.15, 0.2) is 0 Å². The van der Waals surface area contributed by atoms with E-state index >= 15 is 0 Å². The maximum atomic E-state index is 11.6. The molecule has 17 heavy (non-hydrogen) atoms. The summed E-state index contributed by atoms with van der Waals surface area (Å²) in [4.78, 5) is 33.8. The van der Waals surface area contributed by atoms with Gasteiger partial charge in [0, 0.05) is 7.05 Å². The number of nitrogens with two attached hydrogens (primary N) is 2. The lowest BCUT2D eigenvalue weighted by atomic mass is 10.0. The Balaban J connectivity index is 4.58. The highest BCUT2D eigenvalue weighted by atomic mass is 16.2. The average Bonchev–Trinajstić information content (AvgIpc) is 2.24. The normalized spacial score (nSPS) is 13.9. The van der Waals surface area contributed by atoms with Crippen LogP contribution in [0, 0.1) is 5.92 Å². The van der Waals surface area contributed by atoms with E-state index in [0.29, 0.717) is 0 Å². The van der Waals surface area contributed by atoms with Crippen LogP contribution in [0.25, 0.3) is 0 Å². The number of hydrogen-bond acceptors (Lipinski definition) is 4. The number of primary amides is 1. The molecular formula is C10H20N4O3. The molecule has 0 aliphatic rings. The molecule has 3 amide bonds. The summed E-state index contributed by atoms with van der Waals surface area (Å²) < 4.78 is 0. The SMILES string of the molecule is CNC(=O)C(CC(N)=O)NC(=O)C(N)C(C)C. The number of rotatable bonds is 6. The number of amides is 3. The first-order valence-electron chi connectivity index (χ1n) is 5.35. The lowest BCUT2D eigenvalue weighted by Gasteiger charge is -2.20. The predicted octanol–water partition coefficient (Wildman–Crippen LogP) is -1.92. The molecule has 0 aliphatic carbocycles. The Morgan fingerprint density at radius 3 is 2.06 bits per heavy atom. The summed E-state index contributed by atoms with van der Waals surface area (Å²) in [5, 5.41) is 4.75. The molecule has 0 radical (unpaired) electrons. The van der Waals surface area contributed by atoms with Crippen molar-refractivity contribution in [2.24, 2.45) is 17.4 Å². The van der Waals surface area contributed by atoms with Crippen LogP contribution in [0.1, 0.15) is 20.3 Å². The van der Waals surface area contributed by atoms with Crippen LogP contribution in [0.3, 0.4) is 0 Å². The van der Waals surface area contributed by atoms with Crippen molar-refractivity contribution in [2.75, 3.05) is 7.05 Å². The standard InChI is InChI=1S/C10H20N4O3/c1-5(2)8(12)10(17)14-6(4-7(11)15)9(16)13-3/h5-6,8H,4,12H2,1-3H3,(H2,11,15)(H,13,16)(H,14,17). The Morgan fingerprint density at radius 2 is 1.71 bits per heavy atom. The van der Waals surface area contributed by atoms with Gasteiger partial charge in [0.1, 0.15) is 6.04 Å². The molecule has 0 aromatic heterocycles. The average molecular weight is 244 g/mol. The van der Waals surface area contributed by atoms with Crippen molar-refractivity contribution in [1.82, 2.24) is 10.6 Å². The van der Waals surface area contributed by atoms with Gasteiger partial charge in [-0.3, -0.25) is 14.4 Å². The van der Waals surface area contributed by atoms with E-state index < -0.39 is 29.8 Å². The molecule has 0 aliphatic heterocycles. The minimum absolute atomic E-state index is 0.0612. The van der Waals surface area contributed by atoms with Crippen molar-refractivity contribution in [2.45, 2.75) is 32.4 Å². The van der Waals surface area contributed by atoms with Crippen molar-refractivity contribution in [1.29, 1.82) is 0 Å². The molecule has 0 fully saturated rings. The number of carbonyl (C=O) groups is 3. The highest BCUT2D eigenvalue weighted by molar-refractivity contribution is 5.92. The second-order valence-corrected chi connectivity index (χ2v) is 4.12. The third-order valence-electron chi connectivity index (χ3n) is 2.31. The molecule has 0 heterocycles. The molecule has 6 N–H and O–H groups in total. The van der Waals surface area contributed by atoms with Gasteiger partial charge in [0.2, 0.25) is 17.7 Å². The zero-order valence-corrected chi connectivity index (χ0v) is 10.3. The fraction of sp³-hybridized carbons (Fsp3) is 0.700. The van der Waals surface area contributed by atoms with Crippen LogP contribution in [0.4, 0.5) is 0 Å². The molecule has 7 nitrogen and oxygen atoms in total. The zero-order valence-electron chi connectivity index (χ0n) is 10.3. The van der Waals surface area contributed by atoms with Crippen molar-refractivity contribution < 1.29 is 14.4 Å². The summed E-state index contributed by atoms with van der Waals surface area (Å²) in [5.41, 5.74) is 10.6. The van der Waals surface area contributed by atoms with Crippen molar-refractivity contribution in [3.8, 4) is 0 Å². The van der Waals surface area contributed by atoms with Crippen molar-refractivity contribution in [3.63, 3.8) is 0 Å². The Hall–Kier alpha value is -1.63. The van der Waals surface area contributed by atoms with Gasteiger partial charge in [-0.05, 0) is 5.92 Å². The van der Waals surface area contributed by atoms with Crippen LogP contribution >= 0.6 is 0 Å². The first-order valence-corrected chi connectivity index (χ1v) is 5.35. The minimum Gasteiger partial charge on any atom is -0.370 e. The lowest BCUT2D eigenvalue weighted by Crippen LogP contribution is -2.53. The third-order valence-corrected chi connectivity index (χ3v) is 2.31. The van der Waals surface area contributed by atoms with Crippen molar-refractivity contribution >= 4 is 17.7 Å². The van der Waals surface area contributed by atoms with Crippen LogP contribution in [0.5, 0.6) is 0 Å². The molecule has 0 aromatic carbocycles. The number of hydrogen-bond donors (Lipinski definition) is 4. The molecule has 0 bridgehead atoms. The van der Waals surface area contributed by atoms with Crippen LogP contribution in [-0.4, -0.2) is 36.9 Å². The molecule has 98 valence electrons. The fourth-order valence-electron chi connectivity index (χ4n) is 1.16. The maximum absolute atomic E-state index is 11.6. The van der Waals surface area contributed by atoms with Crippen LogP contribution in [0.15, 0.2) is 0 Å². The van der Waals surface area contributed by atoms with E-state index in [-0.39, 0.29) is 12.3 Å². The zero-order chi connectivity index (χ0) is 13.6. The van der Waals surface area contributed by atoms with Gasteiger partial charge in [0.05, 0.1) is 12.5 Å². The Kier molecular flexibility index (Phi) is 6.19. The van der Waals surface area contributed by atoms with Gasteiger partial charge in [-0.2, -0.15) is 0 Å². The second kappa shape index (κ2) is 6.85. The predicted molar refractivity (Wildman–Crippen MR) is 62.6 cm³/mol. The highest BCUT2D eigenvalue weighted by Gasteiger charge is 2.25. The molecule has 0 aromatic rings. The molecule has 0 spiro atoms. The monoisotopic (exact) mass is 244 g/mol. The summed E-state index contributed by atoms with van der Waals surface area (Å²) in [6.07, 6.45) is -0.254. The third kappa shape index (κ3) is 5.30. The smallest absolute Gasteiger partial charge is 0.242 e. The van der Waals surface area contributed by atoms with E-state index in [9.17, 15) is 14.4 Å². The number of nitrogens with one attached hydrogen (secondary N) is 2. The Bertz CT molecular complexity index is 304. The van der Waals surface area contributed by atoms with E-state index in [0.717, 1.165) is 0 Å². The summed E-state index contributed by atoms with van der Waals surface area (Å²) in [6, 6.07) is -1.70. The lowest BCUT2D eigenvalue weighted by molar-refractivity contribution is -0.131. The largest absolute Gasteiger partial charge is 0.370 e. The molecule has 0 saturated carbocycles. The van der Waals surface area contributed by atoms with Gasteiger partial charge in [-0.1, -0.05) is 13.8 Å². The van der Waals surface area contributed by atoms with Gasteiger partial charge in [-0.25, -0.2) is 0 Å². The van der Waals surface area contributed by atoms with E-state index in [1.54, 1.807) is 13.8 Å². The van der Waals surface area contributed by atoms with Crippen molar-refractivity contribution in [3.05, 3.63) is 0 Å². The Morgan fingerprint density at radius 1 is 1.18 bits per heavy atom. The summed E-state index contributed by atoms with van der Waals surface area (Å²) >= 11 is 0. The Labute approximate surface area is 100 Å². The number of carbonyl (C=O) groups excluding carboxylic acids is 3. The number of likely N-dealkylation sites (N-methyl/N-ethyl adjacent to an activating group) is 1. The minimum atomic E-state index is -0.977. The topological polar surface area (TPSA) is 127 Å². The van der Waals surface area contributed by atoms with Crippen LogP contribution in [-0.2, 0) is 14.4 Å². The summed E-state index contributed by atoms with van der Waals surface area (Å²) in [5.74, 6) is -1.69. The first kappa shape index (κ1) is 15.4. The first-order chi connectivity index (χ1) is 7.79. The van der Waals surface area contributed by atoms with Gasteiger partial charge < -0.3 is 22.1 Å². The quantitative estimate of drug-likeness (QED) is 0.434. The maximum Gasteiger partial charge on any atom is 0.242 e. The van der Waals surface area contributed by atoms with Crippen LogP contribution < -0.4 is 22.1 Å². The van der Waals surface area contributed by atoms with E-state index in [4.69, 9.17) is 11.5 Å². The van der Waals surface area contributed by atoms with Gasteiger partial charge >= 0.3 is 0 Å². The molecule has 2 atom stereocenters. The molecule has 2 unspecified atom stereocenters. The van der Waals surface area contributed by atoms with E-state index in [1.165, 1.54) is 7.05 Å². The fourth-order valence-corrected chi connectivity index (χ4v) is 1.16. The molecular weight excluding hydrogens is 224 g/mol. The van der Waals surface area contributed by atoms with E-state index in [2.05, 4.69) is 10.6 Å². The van der Waals surface area contributed by atoms with Crippen LogP contribution in [0.2, 0.25) is 0 Å². The van der Waals surface area contributed by atoms with Gasteiger partial charge in [0.25, 0.3) is 0 Å². The molecule has 7 heteroatoms. The second-order valence-electron chi connectivity index (χ2n) is 4.12. The molecule has 0 saturated heterocycles. The van der Waals surface area contributed by atoms with E-state index in [1.807, 2.05) is 0 Å². The summed E-state index contributed by atoms with van der Waals surface area (Å²) in [6.45, 7) is 3.57. The van der Waals surface area contributed by atoms with Gasteiger partial charge in [-0.15, -0.1) is 0 Å².